The largest absolute Gasteiger partial charge is 0.330 e. The smallest absolute Gasteiger partial charge is 0.000664 e. The normalized spacial score (nSPS) is 21.7. The molecular formula is C46H94N6. The van der Waals surface area contributed by atoms with Crippen molar-refractivity contribution in [2.75, 3.05) is 78.5 Å². The molecule has 0 atom stereocenters. The molecule has 0 aromatic carbocycles. The first kappa shape index (κ1) is 49.3. The summed E-state index contributed by atoms with van der Waals surface area (Å²) in [5.41, 5.74) is 11.3. The SMILES string of the molecule is NCCCNCCCN1CCCCCC/C=C/CCCCCCCCCN(CCCNCCCN)CCCCCC/C=C/CCCCCCCCC1. The summed E-state index contributed by atoms with van der Waals surface area (Å²) >= 11 is 0. The summed E-state index contributed by atoms with van der Waals surface area (Å²) in [6.45, 7) is 13.7. The second kappa shape index (κ2) is 43.0. The van der Waals surface area contributed by atoms with E-state index < -0.39 is 0 Å². The summed E-state index contributed by atoms with van der Waals surface area (Å²) in [7, 11) is 0. The third-order valence-electron chi connectivity index (χ3n) is 11.0. The maximum atomic E-state index is 5.65. The molecule has 1 heterocycles. The summed E-state index contributed by atoms with van der Waals surface area (Å²) in [5.74, 6) is 0. The fraction of sp³-hybridized carbons (Fsp3) is 0.913. The van der Waals surface area contributed by atoms with E-state index >= 15 is 0 Å². The fourth-order valence-electron chi connectivity index (χ4n) is 7.57. The number of rotatable bonds is 14. The first-order valence-corrected chi connectivity index (χ1v) is 23.4. The Morgan fingerprint density at radius 1 is 0.327 bits per heavy atom. The molecule has 0 saturated carbocycles. The van der Waals surface area contributed by atoms with Crippen LogP contribution in [0.2, 0.25) is 0 Å². The minimum absolute atomic E-state index is 0.794. The minimum Gasteiger partial charge on any atom is -0.330 e. The van der Waals surface area contributed by atoms with Crippen LogP contribution in [-0.4, -0.2) is 88.3 Å². The average Bonchev–Trinajstić information content (AvgIpc) is 3.15. The first-order chi connectivity index (χ1) is 25.9. The van der Waals surface area contributed by atoms with Gasteiger partial charge in [-0.1, -0.05) is 114 Å². The lowest BCUT2D eigenvalue weighted by Gasteiger charge is -2.22. The van der Waals surface area contributed by atoms with Crippen molar-refractivity contribution in [2.45, 2.75) is 193 Å². The number of allylic oxidation sites excluding steroid dienone is 4. The van der Waals surface area contributed by atoms with E-state index in [9.17, 15) is 0 Å². The van der Waals surface area contributed by atoms with Crippen molar-refractivity contribution in [3.05, 3.63) is 24.3 Å². The molecule has 0 spiro atoms. The number of nitrogens with two attached hydrogens (primary N) is 2. The molecule has 6 nitrogen and oxygen atoms in total. The number of hydrogen-bond acceptors (Lipinski definition) is 6. The van der Waals surface area contributed by atoms with Gasteiger partial charge >= 0.3 is 0 Å². The summed E-state index contributed by atoms with van der Waals surface area (Å²) in [5, 5.41) is 7.16. The second-order valence-electron chi connectivity index (χ2n) is 16.1. The van der Waals surface area contributed by atoms with Crippen LogP contribution in [0, 0.1) is 0 Å². The van der Waals surface area contributed by atoms with Crippen molar-refractivity contribution in [2.24, 2.45) is 11.5 Å². The highest BCUT2D eigenvalue weighted by Gasteiger charge is 2.06. The third kappa shape index (κ3) is 37.6. The van der Waals surface area contributed by atoms with Crippen LogP contribution in [0.3, 0.4) is 0 Å². The molecule has 0 fully saturated rings. The highest BCUT2D eigenvalue weighted by Crippen LogP contribution is 2.14. The molecule has 308 valence electrons. The van der Waals surface area contributed by atoms with Crippen LogP contribution in [0.4, 0.5) is 0 Å². The van der Waals surface area contributed by atoms with Gasteiger partial charge in [0.15, 0.2) is 0 Å². The topological polar surface area (TPSA) is 82.6 Å². The van der Waals surface area contributed by atoms with Crippen molar-refractivity contribution >= 4 is 0 Å². The van der Waals surface area contributed by atoms with Crippen LogP contribution in [0.5, 0.6) is 0 Å². The molecule has 0 radical (unpaired) electrons. The van der Waals surface area contributed by atoms with Gasteiger partial charge in [0.25, 0.3) is 0 Å². The van der Waals surface area contributed by atoms with Crippen molar-refractivity contribution in [1.82, 2.24) is 20.4 Å². The van der Waals surface area contributed by atoms with Crippen LogP contribution in [0.1, 0.15) is 193 Å². The highest BCUT2D eigenvalue weighted by molar-refractivity contribution is 4.82. The molecule has 0 aromatic rings. The van der Waals surface area contributed by atoms with Crippen LogP contribution in [0.25, 0.3) is 0 Å². The van der Waals surface area contributed by atoms with Gasteiger partial charge in [0.1, 0.15) is 0 Å². The van der Waals surface area contributed by atoms with Crippen molar-refractivity contribution < 1.29 is 0 Å². The Balaban J connectivity index is 2.39. The van der Waals surface area contributed by atoms with E-state index in [-0.39, 0.29) is 0 Å². The first-order valence-electron chi connectivity index (χ1n) is 23.4. The Kier molecular flexibility index (Phi) is 40.7. The van der Waals surface area contributed by atoms with Gasteiger partial charge in [-0.3, -0.25) is 0 Å². The average molecular weight is 731 g/mol. The molecular weight excluding hydrogens is 637 g/mol. The van der Waals surface area contributed by atoms with Gasteiger partial charge < -0.3 is 31.9 Å². The van der Waals surface area contributed by atoms with Crippen LogP contribution >= 0.6 is 0 Å². The van der Waals surface area contributed by atoms with E-state index in [4.69, 9.17) is 11.5 Å². The molecule has 0 saturated heterocycles. The summed E-state index contributed by atoms with van der Waals surface area (Å²) in [6.07, 6.45) is 50.3. The predicted octanol–water partition coefficient (Wildman–Crippen LogP) is 10.5. The van der Waals surface area contributed by atoms with Crippen molar-refractivity contribution in [3.8, 4) is 0 Å². The van der Waals surface area contributed by atoms with Crippen LogP contribution < -0.4 is 22.1 Å². The van der Waals surface area contributed by atoms with E-state index in [0.717, 1.165) is 52.1 Å². The van der Waals surface area contributed by atoms with Crippen molar-refractivity contribution in [1.29, 1.82) is 0 Å². The van der Waals surface area contributed by atoms with Gasteiger partial charge in [0.2, 0.25) is 0 Å². The molecule has 1 aliphatic rings. The van der Waals surface area contributed by atoms with E-state index in [1.807, 2.05) is 0 Å². The lowest BCUT2D eigenvalue weighted by atomic mass is 10.1. The predicted molar refractivity (Wildman–Crippen MR) is 234 cm³/mol. The highest BCUT2D eigenvalue weighted by atomic mass is 15.1. The maximum Gasteiger partial charge on any atom is -0.000664 e. The molecule has 1 aliphatic heterocycles. The summed E-state index contributed by atoms with van der Waals surface area (Å²) in [4.78, 5) is 5.54. The van der Waals surface area contributed by atoms with Crippen LogP contribution in [0.15, 0.2) is 24.3 Å². The van der Waals surface area contributed by atoms with Gasteiger partial charge in [-0.05, 0) is 181 Å². The molecule has 0 bridgehead atoms. The Bertz CT molecular complexity index is 668. The molecule has 0 unspecified atom stereocenters. The molecule has 0 aliphatic carbocycles. The molecule has 0 amide bonds. The number of hydrogen-bond donors (Lipinski definition) is 4. The second-order valence-corrected chi connectivity index (χ2v) is 16.1. The van der Waals surface area contributed by atoms with Gasteiger partial charge in [-0.2, -0.15) is 0 Å². The van der Waals surface area contributed by atoms with Crippen molar-refractivity contribution in [3.63, 3.8) is 0 Å². The zero-order valence-corrected chi connectivity index (χ0v) is 35.1. The molecule has 6 heteroatoms. The standard InChI is InChI=1S/C46H94N6/c47-35-31-37-49-39-33-45-51-41-27-23-19-15-11-7-3-1-4-8-12-16-20-24-28-42-52(46-34-40-50-38-32-36-48)44-30-26-22-18-14-10-6-2-5-9-13-17-21-25-29-43-51/h3,6-7,10,49-50H,1-2,4-5,8-9,11-48H2/b7-3+,10-6+. The van der Waals surface area contributed by atoms with Gasteiger partial charge in [-0.25, -0.2) is 0 Å². The van der Waals surface area contributed by atoms with Gasteiger partial charge in [-0.15, -0.1) is 0 Å². The minimum atomic E-state index is 0.794. The molecule has 52 heavy (non-hydrogen) atoms. The van der Waals surface area contributed by atoms with Crippen LogP contribution in [-0.2, 0) is 0 Å². The van der Waals surface area contributed by atoms with E-state index in [1.54, 1.807) is 0 Å². The number of nitrogens with zero attached hydrogens (tertiary/aromatic N) is 2. The van der Waals surface area contributed by atoms with E-state index in [1.165, 1.54) is 219 Å². The molecule has 0 aromatic heterocycles. The zero-order chi connectivity index (χ0) is 37.1. The lowest BCUT2D eigenvalue weighted by molar-refractivity contribution is 0.256. The summed E-state index contributed by atoms with van der Waals surface area (Å²) in [6, 6.07) is 0. The van der Waals surface area contributed by atoms with E-state index in [0.29, 0.717) is 0 Å². The monoisotopic (exact) mass is 731 g/mol. The Hall–Kier alpha value is -0.760. The van der Waals surface area contributed by atoms with Gasteiger partial charge in [0, 0.05) is 0 Å². The zero-order valence-electron chi connectivity index (χ0n) is 35.1. The molecule has 1 rings (SSSR count). The maximum absolute atomic E-state index is 5.65. The van der Waals surface area contributed by atoms with E-state index in [2.05, 4.69) is 44.7 Å². The fourth-order valence-corrected chi connectivity index (χ4v) is 7.57. The lowest BCUT2D eigenvalue weighted by Crippen LogP contribution is -2.30. The Morgan fingerprint density at radius 2 is 0.577 bits per heavy atom. The number of nitrogens with one attached hydrogen (secondary N) is 2. The molecule has 6 N–H and O–H groups in total. The third-order valence-corrected chi connectivity index (χ3v) is 11.0. The Morgan fingerprint density at radius 3 is 0.865 bits per heavy atom. The summed E-state index contributed by atoms with van der Waals surface area (Å²) < 4.78 is 0. The quantitative estimate of drug-likeness (QED) is 0.105. The Labute approximate surface area is 326 Å². The van der Waals surface area contributed by atoms with Gasteiger partial charge in [0.05, 0.1) is 0 Å².